The Labute approximate surface area is 188 Å². The zero-order chi connectivity index (χ0) is 24.1. The number of benzene rings is 2. The first-order valence-corrected chi connectivity index (χ1v) is 10.1. The van der Waals surface area contributed by atoms with Crippen LogP contribution >= 0.6 is 0 Å². The Hall–Kier alpha value is -4.28. The number of amides is 5. The van der Waals surface area contributed by atoms with Gasteiger partial charge in [-0.25, -0.2) is 4.79 Å². The zero-order valence-corrected chi connectivity index (χ0v) is 18.1. The average molecular weight is 451 g/mol. The van der Waals surface area contributed by atoms with Crippen LogP contribution in [0.3, 0.4) is 0 Å². The monoisotopic (exact) mass is 451 g/mol. The number of anilines is 2. The third-order valence-electron chi connectivity index (χ3n) is 5.96. The fraction of sp³-hybridized carbons (Fsp3) is 0.273. The van der Waals surface area contributed by atoms with E-state index in [0.717, 1.165) is 4.90 Å². The van der Waals surface area contributed by atoms with Crippen LogP contribution in [0.4, 0.5) is 21.9 Å². The summed E-state index contributed by atoms with van der Waals surface area (Å²) < 4.78 is 0. The van der Waals surface area contributed by atoms with Crippen LogP contribution in [0.2, 0.25) is 0 Å². The second-order valence-corrected chi connectivity index (χ2v) is 8.51. The number of rotatable bonds is 4. The number of carbonyl (C=O) groups excluding carboxylic acids is 4. The number of non-ortho nitro benzene ring substituents is 1. The number of fused-ring (bicyclic) bond motifs is 1. The Bertz CT molecular complexity index is 1230. The molecule has 2 aromatic carbocycles. The number of nitrogens with zero attached hydrogens (tertiary/aromatic N) is 3. The van der Waals surface area contributed by atoms with E-state index in [-0.39, 0.29) is 11.3 Å². The van der Waals surface area contributed by atoms with Gasteiger partial charge >= 0.3 is 6.03 Å². The summed E-state index contributed by atoms with van der Waals surface area (Å²) in [5.41, 5.74) is -1.99. The molecule has 33 heavy (non-hydrogen) atoms. The summed E-state index contributed by atoms with van der Waals surface area (Å²) in [6.45, 7) is 3.94. The van der Waals surface area contributed by atoms with Gasteiger partial charge in [0.15, 0.2) is 0 Å². The van der Waals surface area contributed by atoms with Crippen molar-refractivity contribution in [2.75, 3.05) is 16.8 Å². The normalized spacial score (nSPS) is 21.4. The number of carbonyl (C=O) groups is 4. The van der Waals surface area contributed by atoms with Gasteiger partial charge in [-0.05, 0) is 38.5 Å². The molecule has 170 valence electrons. The van der Waals surface area contributed by atoms with E-state index in [2.05, 4.69) is 10.6 Å². The summed E-state index contributed by atoms with van der Waals surface area (Å²) in [6, 6.07) is 11.3. The lowest BCUT2D eigenvalue weighted by Gasteiger charge is -2.42. The van der Waals surface area contributed by atoms with E-state index < -0.39 is 46.3 Å². The number of hydrogen-bond acceptors (Lipinski definition) is 6. The van der Waals surface area contributed by atoms with Gasteiger partial charge in [-0.3, -0.25) is 34.3 Å². The molecule has 2 aliphatic heterocycles. The van der Waals surface area contributed by atoms with Crippen LogP contribution in [0.15, 0.2) is 48.5 Å². The Balaban J connectivity index is 1.65. The van der Waals surface area contributed by atoms with E-state index in [4.69, 9.17) is 0 Å². The lowest BCUT2D eigenvalue weighted by atomic mass is 9.91. The molecule has 5 amide bonds. The van der Waals surface area contributed by atoms with Crippen LogP contribution in [-0.2, 0) is 19.9 Å². The second kappa shape index (κ2) is 7.40. The third-order valence-corrected chi connectivity index (χ3v) is 5.96. The molecule has 11 heteroatoms. The highest BCUT2D eigenvalue weighted by molar-refractivity contribution is 6.16. The Morgan fingerprint density at radius 3 is 2.45 bits per heavy atom. The number of para-hydroxylation sites is 2. The van der Waals surface area contributed by atoms with Crippen LogP contribution in [-0.4, -0.2) is 45.7 Å². The SMILES string of the molecule is CC1(c2cccc([N+](=O)[O-])c2)NC(=O)N(CC(=O)N2c3ccccc3NC(=O)C2(C)C)C1=O. The standard InChI is InChI=1S/C22H21N5O6/c1-21(2)18(29)23-15-9-4-5-10-16(15)26(21)17(28)12-25-19(30)22(3,24-20(25)31)13-7-6-8-14(11-13)27(32)33/h4-11H,12H2,1-3H3,(H,23,29)(H,24,31). The molecule has 0 radical (unpaired) electrons. The molecule has 11 nitrogen and oxygen atoms in total. The van der Waals surface area contributed by atoms with Crippen LogP contribution < -0.4 is 15.5 Å². The molecule has 0 aromatic heterocycles. The molecule has 2 aliphatic rings. The van der Waals surface area contributed by atoms with Gasteiger partial charge in [-0.15, -0.1) is 0 Å². The maximum Gasteiger partial charge on any atom is 0.325 e. The number of hydrogen-bond donors (Lipinski definition) is 2. The van der Waals surface area contributed by atoms with Crippen molar-refractivity contribution in [3.8, 4) is 0 Å². The van der Waals surface area contributed by atoms with Gasteiger partial charge < -0.3 is 10.6 Å². The molecular formula is C22H21N5O6. The van der Waals surface area contributed by atoms with E-state index >= 15 is 0 Å². The molecule has 0 spiro atoms. The van der Waals surface area contributed by atoms with Gasteiger partial charge in [0.25, 0.3) is 11.6 Å². The summed E-state index contributed by atoms with van der Waals surface area (Å²) in [5.74, 6) is -1.77. The van der Waals surface area contributed by atoms with Gasteiger partial charge in [0, 0.05) is 12.1 Å². The van der Waals surface area contributed by atoms with Crippen molar-refractivity contribution in [3.63, 3.8) is 0 Å². The van der Waals surface area contributed by atoms with Gasteiger partial charge in [0.2, 0.25) is 11.8 Å². The fourth-order valence-electron chi connectivity index (χ4n) is 4.07. The molecule has 1 fully saturated rings. The van der Waals surface area contributed by atoms with Gasteiger partial charge in [0.1, 0.15) is 17.6 Å². The topological polar surface area (TPSA) is 142 Å². The Morgan fingerprint density at radius 1 is 1.06 bits per heavy atom. The predicted molar refractivity (Wildman–Crippen MR) is 117 cm³/mol. The summed E-state index contributed by atoms with van der Waals surface area (Å²) >= 11 is 0. The minimum atomic E-state index is -1.59. The van der Waals surface area contributed by atoms with Crippen LogP contribution in [0.5, 0.6) is 0 Å². The van der Waals surface area contributed by atoms with Crippen molar-refractivity contribution in [1.29, 1.82) is 0 Å². The van der Waals surface area contributed by atoms with Crippen molar-refractivity contribution in [2.24, 2.45) is 0 Å². The van der Waals surface area contributed by atoms with Crippen LogP contribution in [0, 0.1) is 10.1 Å². The largest absolute Gasteiger partial charge is 0.325 e. The van der Waals surface area contributed by atoms with Crippen molar-refractivity contribution in [3.05, 3.63) is 64.2 Å². The van der Waals surface area contributed by atoms with Crippen molar-refractivity contribution in [1.82, 2.24) is 10.2 Å². The van der Waals surface area contributed by atoms with Crippen molar-refractivity contribution >= 4 is 40.8 Å². The lowest BCUT2D eigenvalue weighted by molar-refractivity contribution is -0.385. The minimum absolute atomic E-state index is 0.216. The number of nitro benzene ring substituents is 1. The van der Waals surface area contributed by atoms with E-state index in [9.17, 15) is 29.3 Å². The molecular weight excluding hydrogens is 430 g/mol. The first-order chi connectivity index (χ1) is 15.5. The van der Waals surface area contributed by atoms with E-state index in [0.29, 0.717) is 11.4 Å². The maximum atomic E-state index is 13.3. The Morgan fingerprint density at radius 2 is 1.76 bits per heavy atom. The number of urea groups is 1. The average Bonchev–Trinajstić information content (AvgIpc) is 2.98. The summed E-state index contributed by atoms with van der Waals surface area (Å²) in [7, 11) is 0. The summed E-state index contributed by atoms with van der Waals surface area (Å²) in [4.78, 5) is 64.4. The van der Waals surface area contributed by atoms with Crippen molar-refractivity contribution < 1.29 is 24.1 Å². The van der Waals surface area contributed by atoms with Gasteiger partial charge in [-0.2, -0.15) is 0 Å². The molecule has 4 rings (SSSR count). The number of imide groups is 1. The first kappa shape index (κ1) is 21.9. The molecule has 0 saturated carbocycles. The highest BCUT2D eigenvalue weighted by atomic mass is 16.6. The highest BCUT2D eigenvalue weighted by Crippen LogP contribution is 2.37. The first-order valence-electron chi connectivity index (χ1n) is 10.1. The van der Waals surface area contributed by atoms with E-state index in [1.54, 1.807) is 38.1 Å². The number of nitrogens with one attached hydrogen (secondary N) is 2. The van der Waals surface area contributed by atoms with Crippen LogP contribution in [0.1, 0.15) is 26.3 Å². The lowest BCUT2D eigenvalue weighted by Crippen LogP contribution is -2.60. The molecule has 0 bridgehead atoms. The molecule has 1 saturated heterocycles. The summed E-state index contributed by atoms with van der Waals surface area (Å²) in [6.07, 6.45) is 0. The quantitative estimate of drug-likeness (QED) is 0.414. The van der Waals surface area contributed by atoms with Crippen molar-refractivity contribution in [2.45, 2.75) is 31.8 Å². The predicted octanol–water partition coefficient (Wildman–Crippen LogP) is 2.13. The Kier molecular flexibility index (Phi) is 4.92. The fourth-order valence-corrected chi connectivity index (χ4v) is 4.07. The molecule has 1 atom stereocenters. The molecule has 1 unspecified atom stereocenters. The molecule has 2 heterocycles. The zero-order valence-electron chi connectivity index (χ0n) is 18.1. The third kappa shape index (κ3) is 3.37. The molecule has 2 N–H and O–H groups in total. The molecule has 0 aliphatic carbocycles. The van der Waals surface area contributed by atoms with E-state index in [1.807, 2.05) is 0 Å². The van der Waals surface area contributed by atoms with Gasteiger partial charge in [0.05, 0.1) is 16.3 Å². The highest BCUT2D eigenvalue weighted by Gasteiger charge is 2.51. The second-order valence-electron chi connectivity index (χ2n) is 8.51. The smallest absolute Gasteiger partial charge is 0.322 e. The minimum Gasteiger partial charge on any atom is -0.322 e. The van der Waals surface area contributed by atoms with E-state index in [1.165, 1.54) is 36.1 Å². The molecule has 2 aromatic rings. The number of nitro groups is 1. The summed E-state index contributed by atoms with van der Waals surface area (Å²) in [5, 5.41) is 16.4. The maximum absolute atomic E-state index is 13.3. The van der Waals surface area contributed by atoms with Crippen LogP contribution in [0.25, 0.3) is 0 Å². The van der Waals surface area contributed by atoms with Gasteiger partial charge in [-0.1, -0.05) is 24.3 Å².